The summed E-state index contributed by atoms with van der Waals surface area (Å²) >= 11 is 1.93. The van der Waals surface area contributed by atoms with E-state index in [4.69, 9.17) is 4.74 Å². The molecule has 6 nitrogen and oxygen atoms in total. The van der Waals surface area contributed by atoms with E-state index in [1.807, 2.05) is 36.0 Å². The van der Waals surface area contributed by atoms with E-state index >= 15 is 0 Å². The summed E-state index contributed by atoms with van der Waals surface area (Å²) in [5.41, 5.74) is 1.64. The summed E-state index contributed by atoms with van der Waals surface area (Å²) in [5, 5.41) is 21.6. The van der Waals surface area contributed by atoms with Gasteiger partial charge in [-0.15, -0.1) is 0 Å². The summed E-state index contributed by atoms with van der Waals surface area (Å²) in [6, 6.07) is 7.49. The topological polar surface area (TPSA) is 82.9 Å². The average Bonchev–Trinajstić information content (AvgIpc) is 2.79. The number of thioether (sulfide) groups is 1. The molecule has 1 saturated heterocycles. The van der Waals surface area contributed by atoms with Crippen LogP contribution in [0.5, 0.6) is 5.75 Å². The number of aliphatic hydroxyl groups is 1. The van der Waals surface area contributed by atoms with Crippen LogP contribution in [0.2, 0.25) is 0 Å². The third-order valence-corrected chi connectivity index (χ3v) is 7.26. The van der Waals surface area contributed by atoms with Crippen LogP contribution in [-0.2, 0) is 4.79 Å². The quantitative estimate of drug-likeness (QED) is 0.500. The molecule has 1 aromatic carbocycles. The number of methoxy groups -OCH3 is 1. The molecule has 0 spiro atoms. The Hall–Kier alpha value is -1.83. The van der Waals surface area contributed by atoms with Crippen LogP contribution in [0.15, 0.2) is 30.5 Å². The number of pyridine rings is 1. The second-order valence-electron chi connectivity index (χ2n) is 8.22. The maximum absolute atomic E-state index is 11.9. The van der Waals surface area contributed by atoms with E-state index in [1.165, 1.54) is 0 Å². The molecule has 7 heteroatoms. The molecule has 31 heavy (non-hydrogen) atoms. The minimum Gasteiger partial charge on any atom is -0.497 e. The van der Waals surface area contributed by atoms with Crippen LogP contribution in [-0.4, -0.2) is 64.3 Å². The van der Waals surface area contributed by atoms with Crippen LogP contribution in [0, 0.1) is 11.8 Å². The second kappa shape index (κ2) is 11.7. The number of fused-ring (bicyclic) bond motifs is 1. The van der Waals surface area contributed by atoms with Crippen molar-refractivity contribution >= 4 is 28.6 Å². The highest BCUT2D eigenvalue weighted by atomic mass is 32.2. The van der Waals surface area contributed by atoms with Crippen molar-refractivity contribution in [3.63, 3.8) is 0 Å². The number of likely N-dealkylation sites (tertiary alicyclic amines) is 1. The number of aromatic nitrogens is 1. The van der Waals surface area contributed by atoms with E-state index in [-0.39, 0.29) is 11.8 Å². The normalized spacial score (nSPS) is 20.6. The van der Waals surface area contributed by atoms with Gasteiger partial charge in [-0.25, -0.2) is 0 Å². The number of piperidine rings is 1. The smallest absolute Gasteiger partial charge is 0.308 e. The van der Waals surface area contributed by atoms with Crippen molar-refractivity contribution in [3.8, 4) is 5.75 Å². The Morgan fingerprint density at radius 1 is 1.39 bits per heavy atom. The predicted molar refractivity (Wildman–Crippen MR) is 126 cm³/mol. The Morgan fingerprint density at radius 3 is 2.97 bits per heavy atom. The van der Waals surface area contributed by atoms with E-state index in [0.29, 0.717) is 19.4 Å². The average molecular weight is 447 g/mol. The largest absolute Gasteiger partial charge is 0.497 e. The molecule has 2 aromatic rings. The van der Waals surface area contributed by atoms with Crippen molar-refractivity contribution in [2.24, 2.45) is 11.8 Å². The predicted octanol–water partition coefficient (Wildman–Crippen LogP) is 4.22. The van der Waals surface area contributed by atoms with Gasteiger partial charge in [0.05, 0.1) is 24.6 Å². The molecule has 1 aliphatic rings. The van der Waals surface area contributed by atoms with E-state index in [0.717, 1.165) is 59.7 Å². The molecule has 1 aromatic heterocycles. The van der Waals surface area contributed by atoms with Crippen LogP contribution < -0.4 is 4.74 Å². The van der Waals surface area contributed by atoms with Crippen LogP contribution in [0.25, 0.3) is 10.9 Å². The second-order valence-corrected chi connectivity index (χ2v) is 9.61. The maximum atomic E-state index is 11.9. The first kappa shape index (κ1) is 23.8. The number of carboxylic acid groups (broad SMARTS) is 1. The number of benzene rings is 1. The van der Waals surface area contributed by atoms with Crippen molar-refractivity contribution in [1.82, 2.24) is 9.88 Å². The Balaban J connectivity index is 1.61. The minimum absolute atomic E-state index is 0.0936. The van der Waals surface area contributed by atoms with Crippen molar-refractivity contribution < 1.29 is 19.7 Å². The van der Waals surface area contributed by atoms with E-state index in [2.05, 4.69) is 16.8 Å². The fourth-order valence-corrected chi connectivity index (χ4v) is 5.14. The van der Waals surface area contributed by atoms with Gasteiger partial charge in [-0.2, -0.15) is 11.8 Å². The van der Waals surface area contributed by atoms with Gasteiger partial charge in [0, 0.05) is 18.1 Å². The molecule has 3 rings (SSSR count). The van der Waals surface area contributed by atoms with Gasteiger partial charge >= 0.3 is 5.97 Å². The van der Waals surface area contributed by atoms with Crippen molar-refractivity contribution in [2.45, 2.75) is 38.7 Å². The zero-order valence-electron chi connectivity index (χ0n) is 18.5. The number of carbonyl (C=O) groups is 1. The molecule has 0 aliphatic carbocycles. The highest BCUT2D eigenvalue weighted by molar-refractivity contribution is 7.99. The lowest BCUT2D eigenvalue weighted by molar-refractivity contribution is -0.146. The number of carboxylic acids is 1. The summed E-state index contributed by atoms with van der Waals surface area (Å²) in [6.45, 7) is 4.69. The molecular formula is C24H34N2O4S. The first-order valence-corrected chi connectivity index (χ1v) is 12.3. The minimum atomic E-state index is -0.716. The van der Waals surface area contributed by atoms with Crippen LogP contribution >= 0.6 is 11.8 Å². The molecule has 0 unspecified atom stereocenters. The third-order valence-electron chi connectivity index (χ3n) is 6.28. The van der Waals surface area contributed by atoms with Gasteiger partial charge in [-0.1, -0.05) is 6.92 Å². The number of aliphatic carboxylic acids is 1. The lowest BCUT2D eigenvalue weighted by Crippen LogP contribution is -2.44. The van der Waals surface area contributed by atoms with Crippen molar-refractivity contribution in [2.75, 3.05) is 38.2 Å². The summed E-state index contributed by atoms with van der Waals surface area (Å²) in [6.07, 6.45) is 4.27. The SMILES string of the molecule is CCSCCCN1CC[C@@H](CC[C@@H](O)c2ccnc3ccc(OC)cc23)[C@@H](C(=O)O)C1. The molecule has 170 valence electrons. The number of hydrogen-bond acceptors (Lipinski definition) is 6. The van der Waals surface area contributed by atoms with Gasteiger partial charge in [-0.05, 0) is 86.0 Å². The standard InChI is InChI=1S/C24H34N2O4S/c1-3-31-14-4-12-26-13-10-17(21(16-26)24(28)29)5-8-23(27)19-9-11-25-22-7-6-18(30-2)15-20(19)22/h6-7,9,11,15,17,21,23,27H,3-5,8,10,12-14,16H2,1-2H3,(H,28,29)/t17-,21+,23-/m1/s1. The molecule has 0 amide bonds. The molecule has 2 heterocycles. The molecule has 3 atom stereocenters. The van der Waals surface area contributed by atoms with Gasteiger partial charge < -0.3 is 19.8 Å². The van der Waals surface area contributed by atoms with Gasteiger partial charge in [0.25, 0.3) is 0 Å². The van der Waals surface area contributed by atoms with Gasteiger partial charge in [-0.3, -0.25) is 9.78 Å². The molecular weight excluding hydrogens is 412 g/mol. The van der Waals surface area contributed by atoms with E-state index in [1.54, 1.807) is 13.3 Å². The lowest BCUT2D eigenvalue weighted by Gasteiger charge is -2.37. The van der Waals surface area contributed by atoms with Crippen molar-refractivity contribution in [1.29, 1.82) is 0 Å². The molecule has 0 bridgehead atoms. The Morgan fingerprint density at radius 2 is 2.23 bits per heavy atom. The zero-order chi connectivity index (χ0) is 22.2. The molecule has 0 saturated carbocycles. The fourth-order valence-electron chi connectivity index (χ4n) is 4.52. The van der Waals surface area contributed by atoms with Crippen molar-refractivity contribution in [3.05, 3.63) is 36.0 Å². The molecule has 0 radical (unpaired) electrons. The highest BCUT2D eigenvalue weighted by Gasteiger charge is 2.34. The first-order chi connectivity index (χ1) is 15.0. The zero-order valence-corrected chi connectivity index (χ0v) is 19.3. The number of hydrogen-bond donors (Lipinski definition) is 2. The third kappa shape index (κ3) is 6.34. The van der Waals surface area contributed by atoms with Gasteiger partial charge in [0.1, 0.15) is 5.75 Å². The Labute approximate surface area is 189 Å². The van der Waals surface area contributed by atoms with Crippen LogP contribution in [0.4, 0.5) is 0 Å². The fraction of sp³-hybridized carbons (Fsp3) is 0.583. The molecule has 2 N–H and O–H groups in total. The summed E-state index contributed by atoms with van der Waals surface area (Å²) in [4.78, 5) is 18.6. The maximum Gasteiger partial charge on any atom is 0.308 e. The van der Waals surface area contributed by atoms with Crippen LogP contribution in [0.1, 0.15) is 44.3 Å². The number of rotatable bonds is 11. The van der Waals surface area contributed by atoms with Gasteiger partial charge in [0.15, 0.2) is 0 Å². The number of nitrogens with zero attached hydrogens (tertiary/aromatic N) is 2. The summed E-state index contributed by atoms with van der Waals surface area (Å²) in [5.74, 6) is 1.99. The molecule has 1 aliphatic heterocycles. The Kier molecular flexibility index (Phi) is 8.99. The highest BCUT2D eigenvalue weighted by Crippen LogP contribution is 2.33. The Bertz CT molecular complexity index is 863. The van der Waals surface area contributed by atoms with Gasteiger partial charge in [0.2, 0.25) is 0 Å². The molecule has 1 fully saturated rings. The first-order valence-electron chi connectivity index (χ1n) is 11.2. The van der Waals surface area contributed by atoms with E-state index in [9.17, 15) is 15.0 Å². The monoisotopic (exact) mass is 446 g/mol. The van der Waals surface area contributed by atoms with Crippen LogP contribution in [0.3, 0.4) is 0 Å². The number of ether oxygens (including phenoxy) is 1. The number of aliphatic hydroxyl groups excluding tert-OH is 1. The summed E-state index contributed by atoms with van der Waals surface area (Å²) in [7, 11) is 1.62. The summed E-state index contributed by atoms with van der Waals surface area (Å²) < 4.78 is 5.32. The lowest BCUT2D eigenvalue weighted by atomic mass is 9.81. The van der Waals surface area contributed by atoms with E-state index < -0.39 is 12.1 Å².